The van der Waals surface area contributed by atoms with E-state index < -0.39 is 0 Å². The van der Waals surface area contributed by atoms with Crippen molar-refractivity contribution in [2.45, 2.75) is 90.9 Å². The minimum Gasteiger partial charge on any atom is -0.507 e. The number of unbranched alkanes of at least 4 members (excludes halogenated alkanes) is 8. The summed E-state index contributed by atoms with van der Waals surface area (Å²) in [5.74, 6) is 0.211. The maximum Gasteiger partial charge on any atom is 0.124 e. The molecule has 0 unspecified atom stereocenters. The molecule has 1 aromatic carbocycles. The molecule has 0 radical (unpaired) electrons. The average Bonchev–Trinajstić information content (AvgIpc) is 2.60. The Labute approximate surface area is 147 Å². The van der Waals surface area contributed by atoms with Gasteiger partial charge in [-0.25, -0.2) is 0 Å². The van der Waals surface area contributed by atoms with Crippen molar-refractivity contribution in [1.82, 2.24) is 0 Å². The summed E-state index contributed by atoms with van der Waals surface area (Å²) in [4.78, 5) is 0. The summed E-state index contributed by atoms with van der Waals surface area (Å²) in [6.45, 7) is 4.39. The van der Waals surface area contributed by atoms with Crippen molar-refractivity contribution in [1.29, 1.82) is 0 Å². The van der Waals surface area contributed by atoms with Gasteiger partial charge in [0, 0.05) is 5.56 Å². The Hall–Kier alpha value is -1.51. The molecule has 0 bridgehead atoms. The monoisotopic (exact) mass is 333 g/mol. The summed E-state index contributed by atoms with van der Waals surface area (Å²) in [5, 5.41) is 22.8. The van der Waals surface area contributed by atoms with Crippen LogP contribution in [-0.2, 0) is 6.42 Å². The zero-order chi connectivity index (χ0) is 17.6. The normalized spacial score (nSPS) is 11.8. The highest BCUT2D eigenvalue weighted by molar-refractivity contribution is 6.02. The van der Waals surface area contributed by atoms with E-state index in [2.05, 4.69) is 19.0 Å². The van der Waals surface area contributed by atoms with Crippen LogP contribution >= 0.6 is 0 Å². The zero-order valence-corrected chi connectivity index (χ0v) is 15.6. The fourth-order valence-corrected chi connectivity index (χ4v) is 3.04. The largest absolute Gasteiger partial charge is 0.507 e. The molecule has 0 aromatic heterocycles. The van der Waals surface area contributed by atoms with Gasteiger partial charge in [-0.05, 0) is 43.4 Å². The molecule has 0 aliphatic rings. The minimum atomic E-state index is 0.211. The van der Waals surface area contributed by atoms with Crippen molar-refractivity contribution in [2.24, 2.45) is 5.16 Å². The van der Waals surface area contributed by atoms with Crippen molar-refractivity contribution >= 4 is 5.71 Å². The third-order valence-corrected chi connectivity index (χ3v) is 4.58. The maximum atomic E-state index is 10.1. The summed E-state index contributed by atoms with van der Waals surface area (Å²) in [5.41, 5.74) is 2.50. The van der Waals surface area contributed by atoms with E-state index in [4.69, 9.17) is 0 Å². The van der Waals surface area contributed by atoms with Crippen LogP contribution in [0, 0.1) is 0 Å². The van der Waals surface area contributed by atoms with Crippen molar-refractivity contribution in [3.8, 4) is 5.75 Å². The number of nitrogens with zero attached hydrogens (tertiary/aromatic N) is 1. The maximum absolute atomic E-state index is 10.1. The predicted octanol–water partition coefficient (Wildman–Crippen LogP) is 6.44. The van der Waals surface area contributed by atoms with Crippen molar-refractivity contribution in [3.63, 3.8) is 0 Å². The molecule has 0 aliphatic carbocycles. The van der Waals surface area contributed by atoms with Crippen LogP contribution in [0.1, 0.15) is 95.6 Å². The van der Waals surface area contributed by atoms with E-state index in [1.807, 2.05) is 12.1 Å². The van der Waals surface area contributed by atoms with Crippen LogP contribution in [0.5, 0.6) is 5.75 Å². The van der Waals surface area contributed by atoms with Crippen LogP contribution in [-0.4, -0.2) is 16.0 Å². The van der Waals surface area contributed by atoms with Crippen LogP contribution in [0.2, 0.25) is 0 Å². The Morgan fingerprint density at radius 3 is 2.17 bits per heavy atom. The van der Waals surface area contributed by atoms with Gasteiger partial charge >= 0.3 is 0 Å². The Bertz CT molecular complexity index is 483. The van der Waals surface area contributed by atoms with Gasteiger partial charge in [-0.1, -0.05) is 76.4 Å². The summed E-state index contributed by atoms with van der Waals surface area (Å²) in [7, 11) is 0. The fraction of sp³-hybridized carbons (Fsp3) is 0.667. The van der Waals surface area contributed by atoms with E-state index >= 15 is 0 Å². The van der Waals surface area contributed by atoms with Gasteiger partial charge in [0.1, 0.15) is 5.75 Å². The van der Waals surface area contributed by atoms with E-state index in [0.717, 1.165) is 25.7 Å². The predicted molar refractivity (Wildman–Crippen MR) is 102 cm³/mol. The van der Waals surface area contributed by atoms with Crippen LogP contribution in [0.3, 0.4) is 0 Å². The van der Waals surface area contributed by atoms with Gasteiger partial charge < -0.3 is 10.3 Å². The molecule has 0 saturated carbocycles. The Balaban J connectivity index is 2.49. The third-order valence-electron chi connectivity index (χ3n) is 4.58. The lowest BCUT2D eigenvalue weighted by molar-refractivity contribution is 0.317. The average molecular weight is 334 g/mol. The number of oxime groups is 1. The first-order valence-electron chi connectivity index (χ1n) is 9.76. The smallest absolute Gasteiger partial charge is 0.124 e. The molecule has 0 amide bonds. The van der Waals surface area contributed by atoms with Gasteiger partial charge in [-0.15, -0.1) is 0 Å². The van der Waals surface area contributed by atoms with Crippen molar-refractivity contribution < 1.29 is 10.3 Å². The molecular weight excluding hydrogens is 298 g/mol. The van der Waals surface area contributed by atoms with Gasteiger partial charge in [0.2, 0.25) is 0 Å². The van der Waals surface area contributed by atoms with Gasteiger partial charge in [-0.2, -0.15) is 0 Å². The van der Waals surface area contributed by atoms with Gasteiger partial charge in [-0.3, -0.25) is 0 Å². The number of aromatic hydroxyl groups is 1. The number of phenols is 1. The van der Waals surface area contributed by atoms with E-state index in [0.29, 0.717) is 17.7 Å². The molecule has 3 heteroatoms. The number of aryl methyl sites for hydroxylation is 1. The number of phenolic OH excluding ortho intramolecular Hbond substituents is 1. The summed E-state index contributed by atoms with van der Waals surface area (Å²) in [6.07, 6.45) is 14.0. The second-order valence-electron chi connectivity index (χ2n) is 6.73. The molecule has 1 rings (SSSR count). The molecule has 0 saturated heterocycles. The van der Waals surface area contributed by atoms with Gasteiger partial charge in [0.25, 0.3) is 0 Å². The van der Waals surface area contributed by atoms with Crippen LogP contribution in [0.15, 0.2) is 23.4 Å². The van der Waals surface area contributed by atoms with E-state index in [1.165, 1.54) is 50.5 Å². The molecule has 2 N–H and O–H groups in total. The number of rotatable bonds is 13. The van der Waals surface area contributed by atoms with Crippen LogP contribution < -0.4 is 0 Å². The molecule has 3 nitrogen and oxygen atoms in total. The number of benzene rings is 1. The minimum absolute atomic E-state index is 0.211. The quantitative estimate of drug-likeness (QED) is 0.189. The van der Waals surface area contributed by atoms with Crippen molar-refractivity contribution in [3.05, 3.63) is 29.3 Å². The molecule has 0 heterocycles. The summed E-state index contributed by atoms with van der Waals surface area (Å²) >= 11 is 0. The topological polar surface area (TPSA) is 52.8 Å². The molecular formula is C21H35NO2. The fourth-order valence-electron chi connectivity index (χ4n) is 3.04. The Morgan fingerprint density at radius 2 is 1.50 bits per heavy atom. The van der Waals surface area contributed by atoms with E-state index in [-0.39, 0.29) is 5.75 Å². The lowest BCUT2D eigenvalue weighted by Gasteiger charge is -2.10. The molecule has 24 heavy (non-hydrogen) atoms. The third kappa shape index (κ3) is 7.85. The summed E-state index contributed by atoms with van der Waals surface area (Å²) < 4.78 is 0. The molecule has 0 spiro atoms. The molecule has 0 aliphatic heterocycles. The van der Waals surface area contributed by atoms with Crippen LogP contribution in [0.4, 0.5) is 0 Å². The lowest BCUT2D eigenvalue weighted by atomic mass is 9.98. The molecule has 0 atom stereocenters. The van der Waals surface area contributed by atoms with Crippen molar-refractivity contribution in [2.75, 3.05) is 0 Å². The first-order valence-corrected chi connectivity index (χ1v) is 9.76. The van der Waals surface area contributed by atoms with Crippen LogP contribution in [0.25, 0.3) is 0 Å². The highest BCUT2D eigenvalue weighted by atomic mass is 16.4. The molecule has 136 valence electrons. The second kappa shape index (κ2) is 12.9. The number of hydrogen-bond acceptors (Lipinski definition) is 3. The van der Waals surface area contributed by atoms with E-state index in [9.17, 15) is 10.3 Å². The highest BCUT2D eigenvalue weighted by Gasteiger charge is 2.11. The van der Waals surface area contributed by atoms with E-state index in [1.54, 1.807) is 6.07 Å². The molecule has 1 aromatic rings. The highest BCUT2D eigenvalue weighted by Crippen LogP contribution is 2.23. The molecule has 0 fully saturated rings. The number of hydrogen-bond donors (Lipinski definition) is 2. The lowest BCUT2D eigenvalue weighted by Crippen LogP contribution is -2.03. The Kier molecular flexibility index (Phi) is 11.0. The van der Waals surface area contributed by atoms with Gasteiger partial charge in [0.05, 0.1) is 5.71 Å². The second-order valence-corrected chi connectivity index (χ2v) is 6.73. The standard InChI is InChI=1S/C21H35NO2/c1-3-5-7-8-9-10-12-13-18-15-16-21(23)19(17-18)20(22-24)14-11-6-4-2/h15-17,23-24H,3-14H2,1-2H3/b22-20+. The summed E-state index contributed by atoms with van der Waals surface area (Å²) in [6, 6.07) is 5.71. The first kappa shape index (κ1) is 20.5. The first-order chi connectivity index (χ1) is 11.7. The van der Waals surface area contributed by atoms with Gasteiger partial charge in [0.15, 0.2) is 0 Å². The Morgan fingerprint density at radius 1 is 0.875 bits per heavy atom. The SMILES string of the molecule is CCCCCCCCCc1ccc(O)c(/C(CCCCC)=N/O)c1. The zero-order valence-electron chi connectivity index (χ0n) is 15.6.